The summed E-state index contributed by atoms with van der Waals surface area (Å²) in [6, 6.07) is 21.2. The van der Waals surface area contributed by atoms with E-state index in [0.29, 0.717) is 30.2 Å². The van der Waals surface area contributed by atoms with Crippen molar-refractivity contribution in [3.63, 3.8) is 0 Å². The summed E-state index contributed by atoms with van der Waals surface area (Å²) in [5, 5.41) is 2.77. The van der Waals surface area contributed by atoms with Crippen LogP contribution in [-0.4, -0.2) is 23.3 Å². The second-order valence-corrected chi connectivity index (χ2v) is 9.18. The van der Waals surface area contributed by atoms with Crippen molar-refractivity contribution < 1.29 is 23.2 Å². The number of aryl methyl sites for hydroxylation is 1. The first-order valence-corrected chi connectivity index (χ1v) is 12.5. The summed E-state index contributed by atoms with van der Waals surface area (Å²) in [7, 11) is 0. The molecule has 0 radical (unpaired) electrons. The zero-order chi connectivity index (χ0) is 25.8. The van der Waals surface area contributed by atoms with E-state index in [1.54, 1.807) is 30.5 Å². The summed E-state index contributed by atoms with van der Waals surface area (Å²) in [6.07, 6.45) is 2.83. The summed E-state index contributed by atoms with van der Waals surface area (Å²) in [4.78, 5) is 27.2. The Balaban J connectivity index is 1.31. The Morgan fingerprint density at radius 2 is 1.89 bits per heavy atom. The predicted molar refractivity (Wildman–Crippen MR) is 138 cm³/mol. The summed E-state index contributed by atoms with van der Waals surface area (Å²) in [6.45, 7) is 5.11. The highest BCUT2D eigenvalue weighted by atomic mass is 16.5. The number of nitrogens with one attached hydrogen (secondary N) is 1. The summed E-state index contributed by atoms with van der Waals surface area (Å²) in [5.74, 6) is 1.91. The molecule has 7 heteroatoms. The van der Waals surface area contributed by atoms with Crippen molar-refractivity contribution in [3.8, 4) is 5.75 Å². The number of ether oxygens (including phenoxy) is 1. The molecule has 2 aromatic heterocycles. The fraction of sp³-hybridized carbons (Fsp3) is 0.267. The van der Waals surface area contributed by atoms with E-state index in [0.717, 1.165) is 17.5 Å². The molecular formula is C30H30N2O5. The minimum atomic E-state index is -0.321. The average Bonchev–Trinajstić information content (AvgIpc) is 3.62. The molecule has 0 saturated carbocycles. The van der Waals surface area contributed by atoms with E-state index in [1.807, 2.05) is 24.0 Å². The van der Waals surface area contributed by atoms with Crippen molar-refractivity contribution >= 4 is 11.8 Å². The quantitative estimate of drug-likeness (QED) is 0.343. The van der Waals surface area contributed by atoms with Gasteiger partial charge in [0.25, 0.3) is 5.91 Å². The largest absolute Gasteiger partial charge is 0.486 e. The van der Waals surface area contributed by atoms with Crippen LogP contribution in [0.3, 0.4) is 0 Å². The molecule has 1 atom stereocenters. The highest BCUT2D eigenvalue weighted by molar-refractivity contribution is 5.91. The minimum Gasteiger partial charge on any atom is -0.486 e. The number of fused-ring (bicyclic) bond motifs is 1. The Morgan fingerprint density at radius 3 is 2.65 bits per heavy atom. The van der Waals surface area contributed by atoms with Gasteiger partial charge in [-0.05, 0) is 66.4 Å². The maximum atomic E-state index is 12.8. The highest BCUT2D eigenvalue weighted by Crippen LogP contribution is 2.37. The monoisotopic (exact) mass is 498 g/mol. The lowest BCUT2D eigenvalue weighted by Gasteiger charge is -2.38. The van der Waals surface area contributed by atoms with Gasteiger partial charge in [-0.15, -0.1) is 0 Å². The first-order chi connectivity index (χ1) is 18.0. The van der Waals surface area contributed by atoms with E-state index in [9.17, 15) is 9.59 Å². The van der Waals surface area contributed by atoms with Crippen LogP contribution in [0.1, 0.15) is 63.7 Å². The first-order valence-electron chi connectivity index (χ1n) is 12.5. The predicted octanol–water partition coefficient (Wildman–Crippen LogP) is 5.57. The second-order valence-electron chi connectivity index (χ2n) is 9.18. The van der Waals surface area contributed by atoms with Crippen molar-refractivity contribution in [2.24, 2.45) is 0 Å². The molecule has 1 aliphatic rings. The molecule has 2 amide bonds. The molecule has 190 valence electrons. The molecule has 1 aliphatic heterocycles. The van der Waals surface area contributed by atoms with Gasteiger partial charge in [0.05, 0.1) is 18.8 Å². The fourth-order valence-electron chi connectivity index (χ4n) is 4.66. The smallest absolute Gasteiger partial charge is 0.287 e. The van der Waals surface area contributed by atoms with E-state index < -0.39 is 0 Å². The molecule has 2 aromatic carbocycles. The second kappa shape index (κ2) is 10.8. The van der Waals surface area contributed by atoms with Gasteiger partial charge < -0.3 is 23.8 Å². The van der Waals surface area contributed by atoms with Crippen LogP contribution in [-0.2, 0) is 24.4 Å². The van der Waals surface area contributed by atoms with E-state index in [2.05, 4.69) is 42.6 Å². The van der Waals surface area contributed by atoms with Crippen molar-refractivity contribution in [2.45, 2.75) is 45.9 Å². The van der Waals surface area contributed by atoms with Crippen LogP contribution in [0.25, 0.3) is 0 Å². The topological polar surface area (TPSA) is 84.9 Å². The third-order valence-electron chi connectivity index (χ3n) is 6.63. The van der Waals surface area contributed by atoms with Gasteiger partial charge in [0, 0.05) is 13.0 Å². The molecule has 0 saturated heterocycles. The van der Waals surface area contributed by atoms with E-state index in [1.165, 1.54) is 11.1 Å². The molecule has 37 heavy (non-hydrogen) atoms. The van der Waals surface area contributed by atoms with Gasteiger partial charge in [0.2, 0.25) is 5.91 Å². The normalized spacial score (nSPS) is 14.8. The molecule has 3 heterocycles. The van der Waals surface area contributed by atoms with Gasteiger partial charge in [-0.1, -0.05) is 42.8 Å². The lowest BCUT2D eigenvalue weighted by molar-refractivity contribution is -0.132. The van der Waals surface area contributed by atoms with Crippen LogP contribution in [0.15, 0.2) is 81.8 Å². The van der Waals surface area contributed by atoms with Gasteiger partial charge in [-0.25, -0.2) is 0 Å². The molecule has 4 aromatic rings. The van der Waals surface area contributed by atoms with Gasteiger partial charge in [0.1, 0.15) is 23.9 Å². The summed E-state index contributed by atoms with van der Waals surface area (Å²) >= 11 is 0. The number of nitrogens with zero attached hydrogens (tertiary/aromatic N) is 1. The molecule has 0 bridgehead atoms. The van der Waals surface area contributed by atoms with Gasteiger partial charge in [-0.2, -0.15) is 0 Å². The van der Waals surface area contributed by atoms with Crippen LogP contribution < -0.4 is 10.1 Å². The first kappa shape index (κ1) is 24.4. The molecule has 0 aliphatic carbocycles. The number of rotatable bonds is 8. The van der Waals surface area contributed by atoms with E-state index in [4.69, 9.17) is 13.6 Å². The zero-order valence-electron chi connectivity index (χ0n) is 21.0. The third-order valence-corrected chi connectivity index (χ3v) is 6.63. The number of benzene rings is 2. The summed E-state index contributed by atoms with van der Waals surface area (Å²) in [5.41, 5.74) is 4.55. The Hall–Kier alpha value is -4.26. The molecule has 5 rings (SSSR count). The minimum absolute atomic E-state index is 0.135. The number of hydrogen-bond acceptors (Lipinski definition) is 5. The molecule has 7 nitrogen and oxygen atoms in total. The van der Waals surface area contributed by atoms with E-state index in [-0.39, 0.29) is 36.8 Å². The van der Waals surface area contributed by atoms with Crippen LogP contribution in [0.4, 0.5) is 0 Å². The maximum absolute atomic E-state index is 12.8. The lowest BCUT2D eigenvalue weighted by Crippen LogP contribution is -2.40. The lowest BCUT2D eigenvalue weighted by atomic mass is 9.87. The van der Waals surface area contributed by atoms with Crippen LogP contribution >= 0.6 is 0 Å². The number of amides is 2. The Kier molecular flexibility index (Phi) is 7.12. The van der Waals surface area contributed by atoms with Crippen LogP contribution in [0.5, 0.6) is 5.75 Å². The maximum Gasteiger partial charge on any atom is 0.287 e. The molecule has 0 fully saturated rings. The van der Waals surface area contributed by atoms with Crippen molar-refractivity contribution in [2.75, 3.05) is 6.54 Å². The Labute approximate surface area is 216 Å². The third kappa shape index (κ3) is 5.45. The summed E-state index contributed by atoms with van der Waals surface area (Å²) < 4.78 is 17.0. The Morgan fingerprint density at radius 1 is 1.05 bits per heavy atom. The molecule has 0 unspecified atom stereocenters. The highest BCUT2D eigenvalue weighted by Gasteiger charge is 2.31. The SMILES string of the molecule is CCC(=O)N1CCc2ccc(OCc3ccc(C(=O)NCc4ccco4)o3)cc2[C@H]1c1ccc(C)cc1. The molecule has 1 N–H and O–H groups in total. The van der Waals surface area contributed by atoms with Crippen molar-refractivity contribution in [1.82, 2.24) is 10.2 Å². The fourth-order valence-corrected chi connectivity index (χ4v) is 4.66. The van der Waals surface area contributed by atoms with Gasteiger partial charge in [-0.3, -0.25) is 9.59 Å². The van der Waals surface area contributed by atoms with Crippen molar-refractivity contribution in [1.29, 1.82) is 0 Å². The number of carbonyl (C=O) groups excluding carboxylic acids is 2. The Bertz CT molecular complexity index is 1370. The van der Waals surface area contributed by atoms with E-state index >= 15 is 0 Å². The average molecular weight is 499 g/mol. The zero-order valence-corrected chi connectivity index (χ0v) is 21.0. The standard InChI is InChI=1S/C30H30N2O5/c1-3-28(33)32-15-14-21-10-11-23(17-26(21)29(32)22-8-6-20(2)7-9-22)36-19-25-12-13-27(37-25)30(34)31-18-24-5-4-16-35-24/h4-13,16-17,29H,3,14-15,18-19H2,1-2H3,(H,31,34)/t29-/m1/s1. The number of carbonyl (C=O) groups is 2. The van der Waals surface area contributed by atoms with Crippen molar-refractivity contribution in [3.05, 3.63) is 113 Å². The van der Waals surface area contributed by atoms with Gasteiger partial charge >= 0.3 is 0 Å². The number of hydrogen-bond donors (Lipinski definition) is 1. The van der Waals surface area contributed by atoms with Gasteiger partial charge in [0.15, 0.2) is 5.76 Å². The van der Waals surface area contributed by atoms with Crippen LogP contribution in [0.2, 0.25) is 0 Å². The van der Waals surface area contributed by atoms with Crippen LogP contribution in [0, 0.1) is 6.92 Å². The number of furan rings is 2. The molecular weight excluding hydrogens is 468 g/mol. The molecule has 0 spiro atoms.